The van der Waals surface area contributed by atoms with Crippen LogP contribution in [0.5, 0.6) is 0 Å². The molecule has 0 aromatic heterocycles. The van der Waals surface area contributed by atoms with Crippen molar-refractivity contribution in [1.29, 1.82) is 0 Å². The van der Waals surface area contributed by atoms with Crippen LogP contribution < -0.4 is 0 Å². The smallest absolute Gasteiger partial charge is 0.151 e. The standard InChI is InChI=1S/C4H12O2Si/c1-3-4(2,5)6-7/h5H,3H2,1-2,7H3/t4-/m0/s1. The number of hydrogen-bond donors (Lipinski definition) is 1. The molecule has 0 radical (unpaired) electrons. The van der Waals surface area contributed by atoms with Crippen LogP contribution in [0.15, 0.2) is 0 Å². The van der Waals surface area contributed by atoms with E-state index in [0.717, 1.165) is 0 Å². The maximum Gasteiger partial charge on any atom is 0.151 e. The van der Waals surface area contributed by atoms with Crippen molar-refractivity contribution < 1.29 is 9.53 Å². The van der Waals surface area contributed by atoms with Gasteiger partial charge >= 0.3 is 0 Å². The molecule has 0 fully saturated rings. The average molecular weight is 120 g/mol. The van der Waals surface area contributed by atoms with Crippen LogP contribution in [-0.2, 0) is 4.43 Å². The summed E-state index contributed by atoms with van der Waals surface area (Å²) in [6.45, 7) is 3.55. The lowest BCUT2D eigenvalue weighted by Gasteiger charge is -2.18. The van der Waals surface area contributed by atoms with E-state index in [1.54, 1.807) is 6.92 Å². The predicted octanol–water partition coefficient (Wildman–Crippen LogP) is -0.598. The highest BCUT2D eigenvalue weighted by Gasteiger charge is 2.12. The molecule has 0 aliphatic rings. The zero-order chi connectivity index (χ0) is 5.91. The molecule has 0 aliphatic heterocycles. The van der Waals surface area contributed by atoms with Gasteiger partial charge in [-0.15, -0.1) is 0 Å². The van der Waals surface area contributed by atoms with E-state index >= 15 is 0 Å². The van der Waals surface area contributed by atoms with E-state index in [0.29, 0.717) is 16.9 Å². The molecule has 0 saturated heterocycles. The molecule has 1 atom stereocenters. The van der Waals surface area contributed by atoms with Crippen molar-refractivity contribution in [2.24, 2.45) is 0 Å². The summed E-state index contributed by atoms with van der Waals surface area (Å²) in [6.07, 6.45) is 0.663. The van der Waals surface area contributed by atoms with E-state index in [2.05, 4.69) is 0 Å². The minimum Gasteiger partial charge on any atom is -0.402 e. The van der Waals surface area contributed by atoms with Crippen LogP contribution in [0, 0.1) is 0 Å². The van der Waals surface area contributed by atoms with Gasteiger partial charge in [-0.25, -0.2) is 0 Å². The molecule has 0 spiro atoms. The third-order valence-electron chi connectivity index (χ3n) is 1.10. The molecular weight excluding hydrogens is 108 g/mol. The summed E-state index contributed by atoms with van der Waals surface area (Å²) in [5.41, 5.74) is 0. The summed E-state index contributed by atoms with van der Waals surface area (Å²) in [6, 6.07) is 0. The fourth-order valence-corrected chi connectivity index (χ4v) is 0.433. The van der Waals surface area contributed by atoms with E-state index < -0.39 is 5.79 Å². The fourth-order valence-electron chi connectivity index (χ4n) is 0.144. The van der Waals surface area contributed by atoms with Gasteiger partial charge < -0.3 is 9.53 Å². The van der Waals surface area contributed by atoms with E-state index in [9.17, 15) is 0 Å². The highest BCUT2D eigenvalue weighted by Crippen LogP contribution is 2.06. The monoisotopic (exact) mass is 120 g/mol. The highest BCUT2D eigenvalue weighted by molar-refractivity contribution is 5.98. The molecule has 2 nitrogen and oxygen atoms in total. The Balaban J connectivity index is 3.36. The molecule has 0 aromatic carbocycles. The molecular formula is C4H12O2Si. The van der Waals surface area contributed by atoms with Crippen LogP contribution in [0.25, 0.3) is 0 Å². The van der Waals surface area contributed by atoms with Crippen LogP contribution in [0.3, 0.4) is 0 Å². The molecule has 0 saturated carbocycles. The Morgan fingerprint density at radius 2 is 2.29 bits per heavy atom. The zero-order valence-corrected chi connectivity index (χ0v) is 7.06. The fraction of sp³-hybridized carbons (Fsp3) is 1.00. The zero-order valence-electron chi connectivity index (χ0n) is 5.06. The SMILES string of the molecule is CC[C@@](C)(O)O[SiH3]. The van der Waals surface area contributed by atoms with Gasteiger partial charge in [0.15, 0.2) is 5.79 Å². The first-order valence-electron chi connectivity index (χ1n) is 2.40. The lowest BCUT2D eigenvalue weighted by Crippen LogP contribution is -2.25. The van der Waals surface area contributed by atoms with Crippen LogP contribution in [-0.4, -0.2) is 21.4 Å². The molecule has 0 heterocycles. The van der Waals surface area contributed by atoms with E-state index in [4.69, 9.17) is 9.53 Å². The molecule has 1 N–H and O–H groups in total. The molecule has 0 aliphatic carbocycles. The third kappa shape index (κ3) is 2.79. The number of aliphatic hydroxyl groups is 1. The molecule has 0 rings (SSSR count). The Bertz CT molecular complexity index is 47.7. The van der Waals surface area contributed by atoms with Gasteiger partial charge in [0.25, 0.3) is 0 Å². The predicted molar refractivity (Wildman–Crippen MR) is 31.9 cm³/mol. The van der Waals surface area contributed by atoms with Crippen molar-refractivity contribution in [1.82, 2.24) is 0 Å². The molecule has 0 unspecified atom stereocenters. The van der Waals surface area contributed by atoms with Crippen molar-refractivity contribution in [2.75, 3.05) is 0 Å². The van der Waals surface area contributed by atoms with Crippen LogP contribution in [0.1, 0.15) is 20.3 Å². The van der Waals surface area contributed by atoms with Crippen LogP contribution in [0.4, 0.5) is 0 Å². The van der Waals surface area contributed by atoms with Crippen molar-refractivity contribution in [3.8, 4) is 0 Å². The minimum absolute atomic E-state index is 0.607. The average Bonchev–Trinajstić information content (AvgIpc) is 1.68. The largest absolute Gasteiger partial charge is 0.402 e. The molecule has 44 valence electrons. The second-order valence-electron chi connectivity index (χ2n) is 1.73. The van der Waals surface area contributed by atoms with Gasteiger partial charge in [-0.3, -0.25) is 0 Å². The topological polar surface area (TPSA) is 29.5 Å². The van der Waals surface area contributed by atoms with Crippen LogP contribution in [0.2, 0.25) is 0 Å². The summed E-state index contributed by atoms with van der Waals surface area (Å²) < 4.78 is 4.78. The van der Waals surface area contributed by atoms with Gasteiger partial charge in [0, 0.05) is 0 Å². The number of rotatable bonds is 2. The van der Waals surface area contributed by atoms with Crippen LogP contribution >= 0.6 is 0 Å². The second-order valence-corrected chi connectivity index (χ2v) is 2.14. The van der Waals surface area contributed by atoms with Crippen molar-refractivity contribution in [3.63, 3.8) is 0 Å². The summed E-state index contributed by atoms with van der Waals surface area (Å²) in [5, 5.41) is 8.94. The van der Waals surface area contributed by atoms with E-state index in [1.165, 1.54) is 0 Å². The minimum atomic E-state index is -0.855. The van der Waals surface area contributed by atoms with Gasteiger partial charge in [-0.05, 0) is 13.3 Å². The molecule has 7 heavy (non-hydrogen) atoms. The molecule has 0 bridgehead atoms. The maximum absolute atomic E-state index is 8.94. The quantitative estimate of drug-likeness (QED) is 0.389. The Hall–Kier alpha value is 0.137. The lowest BCUT2D eigenvalue weighted by molar-refractivity contribution is -0.119. The summed E-state index contributed by atoms with van der Waals surface area (Å²) in [4.78, 5) is 0. The Kier molecular flexibility index (Phi) is 2.49. The lowest BCUT2D eigenvalue weighted by atomic mass is 10.3. The molecule has 0 aromatic rings. The Labute approximate surface area is 47.0 Å². The molecule has 0 amide bonds. The second kappa shape index (κ2) is 2.45. The summed E-state index contributed by atoms with van der Waals surface area (Å²) >= 11 is 0. The van der Waals surface area contributed by atoms with Gasteiger partial charge in [0.2, 0.25) is 0 Å². The Morgan fingerprint density at radius 1 is 1.86 bits per heavy atom. The maximum atomic E-state index is 8.94. The number of hydrogen-bond acceptors (Lipinski definition) is 2. The first-order chi connectivity index (χ1) is 3.12. The van der Waals surface area contributed by atoms with E-state index in [-0.39, 0.29) is 0 Å². The third-order valence-corrected chi connectivity index (χ3v) is 1.98. The normalized spacial score (nSPS) is 19.3. The van der Waals surface area contributed by atoms with Gasteiger partial charge in [0.05, 0.1) is 0 Å². The van der Waals surface area contributed by atoms with Crippen molar-refractivity contribution in [3.05, 3.63) is 0 Å². The van der Waals surface area contributed by atoms with Gasteiger partial charge in [0.1, 0.15) is 10.5 Å². The van der Waals surface area contributed by atoms with E-state index in [1.807, 2.05) is 6.92 Å². The Morgan fingerprint density at radius 3 is 2.29 bits per heavy atom. The first-order valence-corrected chi connectivity index (χ1v) is 3.21. The summed E-state index contributed by atoms with van der Waals surface area (Å²) in [7, 11) is 0.607. The van der Waals surface area contributed by atoms with Gasteiger partial charge in [-0.1, -0.05) is 6.92 Å². The first kappa shape index (κ1) is 7.14. The van der Waals surface area contributed by atoms with Gasteiger partial charge in [-0.2, -0.15) is 0 Å². The highest BCUT2D eigenvalue weighted by atomic mass is 28.2. The van der Waals surface area contributed by atoms with Crippen molar-refractivity contribution >= 4 is 10.5 Å². The molecule has 3 heteroatoms. The van der Waals surface area contributed by atoms with Crippen molar-refractivity contribution in [2.45, 2.75) is 26.1 Å². The summed E-state index contributed by atoms with van der Waals surface area (Å²) in [5.74, 6) is -0.855.